The van der Waals surface area contributed by atoms with E-state index >= 15 is 0 Å². The highest BCUT2D eigenvalue weighted by Gasteiger charge is 2.29. The van der Waals surface area contributed by atoms with E-state index in [0.717, 1.165) is 6.42 Å². The summed E-state index contributed by atoms with van der Waals surface area (Å²) in [4.78, 5) is 0. The number of hydrogen-bond donors (Lipinski definition) is 0. The lowest BCUT2D eigenvalue weighted by molar-refractivity contribution is 0.503. The Kier molecular flexibility index (Phi) is 5.62. The number of sulfone groups is 1. The summed E-state index contributed by atoms with van der Waals surface area (Å²) in [6.07, 6.45) is 1.54. The zero-order chi connectivity index (χ0) is 12.3. The Bertz CT molecular complexity index is 277. The van der Waals surface area contributed by atoms with Crippen molar-refractivity contribution >= 4 is 21.4 Å². The Labute approximate surface area is 99.3 Å². The fraction of sp³-hybridized carbons (Fsp3) is 1.00. The molecule has 0 rings (SSSR count). The van der Waals surface area contributed by atoms with E-state index in [9.17, 15) is 8.42 Å². The van der Waals surface area contributed by atoms with Crippen molar-refractivity contribution in [1.29, 1.82) is 0 Å². The van der Waals surface area contributed by atoms with Gasteiger partial charge in [0.05, 0.1) is 10.5 Å². The summed E-state index contributed by atoms with van der Waals surface area (Å²) in [6, 6.07) is 0. The van der Waals surface area contributed by atoms with Crippen LogP contribution in [0.3, 0.4) is 0 Å². The first-order chi connectivity index (χ1) is 6.62. The van der Waals surface area contributed by atoms with Crippen LogP contribution < -0.4 is 0 Å². The monoisotopic (exact) mass is 254 g/mol. The van der Waals surface area contributed by atoms with Crippen LogP contribution in [0.1, 0.15) is 47.5 Å². The van der Waals surface area contributed by atoms with E-state index in [0.29, 0.717) is 6.42 Å². The van der Waals surface area contributed by atoms with Gasteiger partial charge in [-0.05, 0) is 39.5 Å². The topological polar surface area (TPSA) is 34.1 Å². The lowest BCUT2D eigenvalue weighted by Crippen LogP contribution is -2.31. The number of halogens is 1. The third-order valence-electron chi connectivity index (χ3n) is 2.78. The number of rotatable bonds is 5. The second-order valence-electron chi connectivity index (χ2n) is 5.12. The molecule has 0 aliphatic rings. The molecule has 92 valence electrons. The van der Waals surface area contributed by atoms with Crippen LogP contribution in [0.15, 0.2) is 0 Å². The first-order valence-corrected chi connectivity index (χ1v) is 7.57. The van der Waals surface area contributed by atoms with Crippen molar-refractivity contribution in [2.45, 2.75) is 57.6 Å². The summed E-state index contributed by atoms with van der Waals surface area (Å²) in [5, 5.41) is 0.0835. The van der Waals surface area contributed by atoms with E-state index in [4.69, 9.17) is 11.6 Å². The minimum absolute atomic E-state index is 0.0835. The van der Waals surface area contributed by atoms with Crippen molar-refractivity contribution in [3.05, 3.63) is 0 Å². The average Bonchev–Trinajstić information content (AvgIpc) is 2.11. The predicted octanol–water partition coefficient (Wildman–Crippen LogP) is 3.24. The Hall–Kier alpha value is 0.240. The van der Waals surface area contributed by atoms with Crippen molar-refractivity contribution in [2.75, 3.05) is 5.75 Å². The van der Waals surface area contributed by atoms with Gasteiger partial charge in [-0.3, -0.25) is 0 Å². The molecule has 0 aliphatic heterocycles. The molecule has 0 aromatic carbocycles. The Morgan fingerprint density at radius 2 is 1.73 bits per heavy atom. The molecule has 0 amide bonds. The van der Waals surface area contributed by atoms with Gasteiger partial charge in [-0.2, -0.15) is 0 Å². The van der Waals surface area contributed by atoms with Gasteiger partial charge in [-0.25, -0.2) is 8.42 Å². The highest BCUT2D eigenvalue weighted by Crippen LogP contribution is 2.22. The second-order valence-corrected chi connectivity index (χ2v) is 8.54. The van der Waals surface area contributed by atoms with Gasteiger partial charge < -0.3 is 0 Å². The lowest BCUT2D eigenvalue weighted by Gasteiger charge is -2.22. The number of hydrogen-bond acceptors (Lipinski definition) is 2. The van der Waals surface area contributed by atoms with E-state index in [1.807, 2.05) is 13.8 Å². The first kappa shape index (κ1) is 15.2. The van der Waals surface area contributed by atoms with Gasteiger partial charge >= 0.3 is 0 Å². The van der Waals surface area contributed by atoms with Gasteiger partial charge in [0.25, 0.3) is 0 Å². The fourth-order valence-electron chi connectivity index (χ4n) is 1.23. The largest absolute Gasteiger partial charge is 0.228 e. The fourth-order valence-corrected chi connectivity index (χ4v) is 2.65. The lowest BCUT2D eigenvalue weighted by atomic mass is 10.0. The first-order valence-electron chi connectivity index (χ1n) is 5.48. The van der Waals surface area contributed by atoms with Crippen LogP contribution in [0.2, 0.25) is 0 Å². The Morgan fingerprint density at radius 3 is 2.07 bits per heavy atom. The van der Waals surface area contributed by atoms with E-state index in [-0.39, 0.29) is 17.0 Å². The van der Waals surface area contributed by atoms with Gasteiger partial charge in [0.15, 0.2) is 9.84 Å². The molecule has 0 fully saturated rings. The van der Waals surface area contributed by atoms with Gasteiger partial charge in [-0.15, -0.1) is 11.6 Å². The smallest absolute Gasteiger partial charge is 0.155 e. The maximum absolute atomic E-state index is 11.8. The third-order valence-corrected chi connectivity index (χ3v) is 6.16. The highest BCUT2D eigenvalue weighted by atomic mass is 35.5. The molecular formula is C11H23ClO2S. The van der Waals surface area contributed by atoms with Crippen LogP contribution >= 0.6 is 11.6 Å². The Balaban J connectivity index is 4.29. The maximum atomic E-state index is 11.8. The van der Waals surface area contributed by atoms with Crippen molar-refractivity contribution in [3.63, 3.8) is 0 Å². The van der Waals surface area contributed by atoms with E-state index in [2.05, 4.69) is 0 Å². The van der Waals surface area contributed by atoms with Gasteiger partial charge in [0.2, 0.25) is 0 Å². The SMILES string of the molecule is CCC(Cl)C(C)CCS(=O)(=O)C(C)(C)C. The Morgan fingerprint density at radius 1 is 1.27 bits per heavy atom. The summed E-state index contributed by atoms with van der Waals surface area (Å²) in [5.41, 5.74) is 0. The summed E-state index contributed by atoms with van der Waals surface area (Å²) in [6.45, 7) is 9.26. The molecule has 0 spiro atoms. The van der Waals surface area contributed by atoms with Crippen molar-refractivity contribution in [2.24, 2.45) is 5.92 Å². The number of alkyl halides is 1. The normalized spacial score (nSPS) is 17.5. The van der Waals surface area contributed by atoms with Crippen molar-refractivity contribution in [1.82, 2.24) is 0 Å². The summed E-state index contributed by atoms with van der Waals surface area (Å²) < 4.78 is 23.0. The van der Waals surface area contributed by atoms with Crippen molar-refractivity contribution in [3.8, 4) is 0 Å². The molecule has 4 heteroatoms. The molecule has 0 saturated heterocycles. The molecule has 0 N–H and O–H groups in total. The summed E-state index contributed by atoms with van der Waals surface area (Å²) in [5.74, 6) is 0.495. The molecule has 0 heterocycles. The molecule has 0 aromatic heterocycles. The zero-order valence-electron chi connectivity index (χ0n) is 10.4. The summed E-state index contributed by atoms with van der Waals surface area (Å²) in [7, 11) is -2.99. The standard InChI is InChI=1S/C11H23ClO2S/c1-6-10(12)9(2)7-8-15(13,14)11(3,4)5/h9-10H,6-8H2,1-5H3. The minimum Gasteiger partial charge on any atom is -0.228 e. The zero-order valence-corrected chi connectivity index (χ0v) is 12.0. The molecular weight excluding hydrogens is 232 g/mol. The molecule has 0 aromatic rings. The van der Waals surface area contributed by atoms with E-state index in [1.165, 1.54) is 0 Å². The molecule has 2 atom stereocenters. The van der Waals surface area contributed by atoms with E-state index in [1.54, 1.807) is 20.8 Å². The quantitative estimate of drug-likeness (QED) is 0.706. The predicted molar refractivity (Wildman–Crippen MR) is 67.3 cm³/mol. The van der Waals surface area contributed by atoms with Crippen LogP contribution in [0, 0.1) is 5.92 Å². The maximum Gasteiger partial charge on any atom is 0.155 e. The van der Waals surface area contributed by atoms with Gasteiger partial charge in [0, 0.05) is 5.38 Å². The molecule has 2 unspecified atom stereocenters. The van der Waals surface area contributed by atoms with Gasteiger partial charge in [-0.1, -0.05) is 13.8 Å². The molecule has 0 saturated carbocycles. The second kappa shape index (κ2) is 5.53. The van der Waals surface area contributed by atoms with Crippen LogP contribution in [0.5, 0.6) is 0 Å². The van der Waals surface area contributed by atoms with Crippen LogP contribution in [0.4, 0.5) is 0 Å². The average molecular weight is 255 g/mol. The van der Waals surface area contributed by atoms with Crippen molar-refractivity contribution < 1.29 is 8.42 Å². The third kappa shape index (κ3) is 4.73. The molecule has 0 aliphatic carbocycles. The summed E-state index contributed by atoms with van der Waals surface area (Å²) >= 11 is 6.06. The van der Waals surface area contributed by atoms with Gasteiger partial charge in [0.1, 0.15) is 0 Å². The highest BCUT2D eigenvalue weighted by molar-refractivity contribution is 7.92. The molecule has 0 radical (unpaired) electrons. The van der Waals surface area contributed by atoms with Crippen LogP contribution in [-0.2, 0) is 9.84 Å². The van der Waals surface area contributed by atoms with Crippen LogP contribution in [0.25, 0.3) is 0 Å². The molecule has 15 heavy (non-hydrogen) atoms. The molecule has 0 bridgehead atoms. The van der Waals surface area contributed by atoms with Crippen LogP contribution in [-0.4, -0.2) is 24.3 Å². The minimum atomic E-state index is -2.99. The molecule has 2 nitrogen and oxygen atoms in total. The van der Waals surface area contributed by atoms with E-state index < -0.39 is 14.6 Å².